The van der Waals surface area contributed by atoms with Crippen molar-refractivity contribution in [3.05, 3.63) is 38.9 Å². The van der Waals surface area contributed by atoms with Crippen molar-refractivity contribution in [2.75, 3.05) is 6.54 Å². The number of benzene rings is 1. The van der Waals surface area contributed by atoms with E-state index in [-0.39, 0.29) is 21.7 Å². The SMILES string of the molecule is CC(Cl)CCNC(=O)c1cc(Cl)ccc1[N+](=O)[O-]. The van der Waals surface area contributed by atoms with Crippen LogP contribution in [0.3, 0.4) is 0 Å². The molecule has 0 bridgehead atoms. The number of hydrogen-bond donors (Lipinski definition) is 1. The zero-order chi connectivity index (χ0) is 13.7. The molecule has 0 heterocycles. The molecule has 1 atom stereocenters. The Morgan fingerprint density at radius 2 is 2.22 bits per heavy atom. The van der Waals surface area contributed by atoms with E-state index in [0.29, 0.717) is 13.0 Å². The third-order valence-electron chi connectivity index (χ3n) is 2.23. The van der Waals surface area contributed by atoms with Gasteiger partial charge in [0.05, 0.1) is 4.92 Å². The van der Waals surface area contributed by atoms with E-state index in [9.17, 15) is 14.9 Å². The second kappa shape index (κ2) is 6.56. The normalized spacial score (nSPS) is 11.9. The zero-order valence-electron chi connectivity index (χ0n) is 9.65. The van der Waals surface area contributed by atoms with Gasteiger partial charge in [0.1, 0.15) is 5.56 Å². The van der Waals surface area contributed by atoms with Crippen LogP contribution in [0.4, 0.5) is 5.69 Å². The van der Waals surface area contributed by atoms with E-state index >= 15 is 0 Å². The molecule has 0 aliphatic rings. The van der Waals surface area contributed by atoms with Gasteiger partial charge in [0.15, 0.2) is 0 Å². The number of amides is 1. The molecule has 98 valence electrons. The number of nitrogens with zero attached hydrogens (tertiary/aromatic N) is 1. The average Bonchev–Trinajstić information content (AvgIpc) is 2.27. The molecule has 1 aromatic carbocycles. The summed E-state index contributed by atoms with van der Waals surface area (Å²) >= 11 is 11.5. The Hall–Kier alpha value is -1.33. The number of hydrogen-bond acceptors (Lipinski definition) is 3. The fraction of sp³-hybridized carbons (Fsp3) is 0.364. The highest BCUT2D eigenvalue weighted by atomic mass is 35.5. The van der Waals surface area contributed by atoms with Crippen molar-refractivity contribution in [1.82, 2.24) is 5.32 Å². The van der Waals surface area contributed by atoms with Crippen LogP contribution in [0.2, 0.25) is 5.02 Å². The first-order valence-corrected chi connectivity index (χ1v) is 6.09. The summed E-state index contributed by atoms with van der Waals surface area (Å²) in [7, 11) is 0. The van der Waals surface area contributed by atoms with Crippen molar-refractivity contribution in [1.29, 1.82) is 0 Å². The van der Waals surface area contributed by atoms with E-state index in [2.05, 4.69) is 5.32 Å². The van der Waals surface area contributed by atoms with Gasteiger partial charge in [-0.1, -0.05) is 11.6 Å². The molecular weight excluding hydrogens is 279 g/mol. The first kappa shape index (κ1) is 14.7. The van der Waals surface area contributed by atoms with Gasteiger partial charge in [-0.05, 0) is 25.5 Å². The predicted octanol–water partition coefficient (Wildman–Crippen LogP) is 3.00. The lowest BCUT2D eigenvalue weighted by Crippen LogP contribution is -2.26. The zero-order valence-corrected chi connectivity index (χ0v) is 11.2. The fourth-order valence-corrected chi connectivity index (χ4v) is 1.61. The molecule has 18 heavy (non-hydrogen) atoms. The van der Waals surface area contributed by atoms with Gasteiger partial charge in [-0.3, -0.25) is 14.9 Å². The minimum Gasteiger partial charge on any atom is -0.352 e. The second-order valence-electron chi connectivity index (χ2n) is 3.74. The second-order valence-corrected chi connectivity index (χ2v) is 4.93. The van der Waals surface area contributed by atoms with Gasteiger partial charge in [0, 0.05) is 23.0 Å². The van der Waals surface area contributed by atoms with Gasteiger partial charge in [-0.2, -0.15) is 0 Å². The first-order chi connectivity index (χ1) is 8.41. The molecule has 0 saturated carbocycles. The van der Waals surface area contributed by atoms with E-state index < -0.39 is 10.8 Å². The van der Waals surface area contributed by atoms with Crippen LogP contribution in [0, 0.1) is 10.1 Å². The largest absolute Gasteiger partial charge is 0.352 e. The molecule has 1 rings (SSSR count). The lowest BCUT2D eigenvalue weighted by molar-refractivity contribution is -0.385. The molecule has 1 amide bonds. The number of carbonyl (C=O) groups excluding carboxylic acids is 1. The topological polar surface area (TPSA) is 72.2 Å². The number of nitro benzene ring substituents is 1. The first-order valence-electron chi connectivity index (χ1n) is 5.28. The molecule has 1 N–H and O–H groups in total. The van der Waals surface area contributed by atoms with Crippen LogP contribution >= 0.6 is 23.2 Å². The van der Waals surface area contributed by atoms with Crippen molar-refractivity contribution < 1.29 is 9.72 Å². The van der Waals surface area contributed by atoms with Crippen LogP contribution in [0.1, 0.15) is 23.7 Å². The Morgan fingerprint density at radius 1 is 1.56 bits per heavy atom. The summed E-state index contributed by atoms with van der Waals surface area (Å²) in [5.41, 5.74) is -0.314. The Morgan fingerprint density at radius 3 is 2.78 bits per heavy atom. The van der Waals surface area contributed by atoms with Crippen molar-refractivity contribution in [2.45, 2.75) is 18.7 Å². The lowest BCUT2D eigenvalue weighted by atomic mass is 10.1. The molecule has 5 nitrogen and oxygen atoms in total. The average molecular weight is 291 g/mol. The van der Waals surface area contributed by atoms with Gasteiger partial charge >= 0.3 is 0 Å². The summed E-state index contributed by atoms with van der Waals surface area (Å²) in [6.45, 7) is 2.16. The number of nitro groups is 1. The van der Waals surface area contributed by atoms with Crippen LogP contribution in [0.5, 0.6) is 0 Å². The van der Waals surface area contributed by atoms with E-state index in [1.54, 1.807) is 6.92 Å². The van der Waals surface area contributed by atoms with E-state index in [1.807, 2.05) is 0 Å². The molecule has 0 aliphatic carbocycles. The quantitative estimate of drug-likeness (QED) is 0.515. The molecular formula is C11H12Cl2N2O3. The molecule has 0 fully saturated rings. The Bertz CT molecular complexity index is 464. The van der Waals surface area contributed by atoms with Crippen molar-refractivity contribution >= 4 is 34.8 Å². The van der Waals surface area contributed by atoms with Gasteiger partial charge in [0.2, 0.25) is 0 Å². The molecule has 0 spiro atoms. The Kier molecular flexibility index (Phi) is 5.37. The number of carbonyl (C=O) groups is 1. The van der Waals surface area contributed by atoms with Crippen molar-refractivity contribution in [2.24, 2.45) is 0 Å². The predicted molar refractivity (Wildman–Crippen MR) is 70.4 cm³/mol. The molecule has 0 aromatic heterocycles. The maximum absolute atomic E-state index is 11.8. The van der Waals surface area contributed by atoms with E-state index in [0.717, 1.165) is 0 Å². The van der Waals surface area contributed by atoms with E-state index in [4.69, 9.17) is 23.2 Å². The van der Waals surface area contributed by atoms with Crippen molar-refractivity contribution in [3.8, 4) is 0 Å². The smallest absolute Gasteiger partial charge is 0.282 e. The maximum Gasteiger partial charge on any atom is 0.282 e. The van der Waals surface area contributed by atoms with E-state index in [1.165, 1.54) is 18.2 Å². The Labute approximate surface area is 114 Å². The number of alkyl halides is 1. The Balaban J connectivity index is 2.84. The number of halogens is 2. The standard InChI is InChI=1S/C11H12Cl2N2O3/c1-7(12)4-5-14-11(16)9-6-8(13)2-3-10(9)15(17)18/h2-3,6-7H,4-5H2,1H3,(H,14,16). The summed E-state index contributed by atoms with van der Waals surface area (Å²) in [4.78, 5) is 22.0. The highest BCUT2D eigenvalue weighted by molar-refractivity contribution is 6.31. The maximum atomic E-state index is 11.8. The highest BCUT2D eigenvalue weighted by Gasteiger charge is 2.20. The lowest BCUT2D eigenvalue weighted by Gasteiger charge is -2.07. The third-order valence-corrected chi connectivity index (χ3v) is 2.68. The highest BCUT2D eigenvalue weighted by Crippen LogP contribution is 2.22. The minimum atomic E-state index is -0.616. The van der Waals surface area contributed by atoms with Crippen molar-refractivity contribution in [3.63, 3.8) is 0 Å². The van der Waals surface area contributed by atoms with Gasteiger partial charge < -0.3 is 5.32 Å². The number of rotatable bonds is 5. The van der Waals surface area contributed by atoms with Gasteiger partial charge in [0.25, 0.3) is 11.6 Å². The fourth-order valence-electron chi connectivity index (χ4n) is 1.33. The molecule has 0 radical (unpaired) electrons. The van der Waals surface area contributed by atoms with Gasteiger partial charge in [-0.25, -0.2) is 0 Å². The van der Waals surface area contributed by atoms with Crippen LogP contribution < -0.4 is 5.32 Å². The number of nitrogens with one attached hydrogen (secondary N) is 1. The van der Waals surface area contributed by atoms with Gasteiger partial charge in [-0.15, -0.1) is 11.6 Å². The molecule has 1 aromatic rings. The summed E-state index contributed by atoms with van der Waals surface area (Å²) in [6, 6.07) is 3.86. The minimum absolute atomic E-state index is 0.0466. The molecule has 0 aliphatic heterocycles. The monoisotopic (exact) mass is 290 g/mol. The summed E-state index contributed by atoms with van der Waals surface area (Å²) in [5, 5.41) is 13.6. The summed E-state index contributed by atoms with van der Waals surface area (Å²) in [5.74, 6) is -0.526. The van der Waals surface area contributed by atoms with Crippen LogP contribution in [0.25, 0.3) is 0 Å². The van der Waals surface area contributed by atoms with Crippen LogP contribution in [-0.4, -0.2) is 22.8 Å². The third kappa shape index (κ3) is 4.16. The summed E-state index contributed by atoms with van der Waals surface area (Å²) < 4.78 is 0. The molecule has 7 heteroatoms. The molecule has 1 unspecified atom stereocenters. The van der Waals surface area contributed by atoms with Crippen LogP contribution in [-0.2, 0) is 0 Å². The van der Waals surface area contributed by atoms with Crippen LogP contribution in [0.15, 0.2) is 18.2 Å². The summed E-state index contributed by atoms with van der Waals surface area (Å²) in [6.07, 6.45) is 0.585. The molecule has 0 saturated heterocycles.